The second-order valence-electron chi connectivity index (χ2n) is 6.38. The molecule has 6 nitrogen and oxygen atoms in total. The first-order valence-corrected chi connectivity index (χ1v) is 8.77. The first kappa shape index (κ1) is 18.5. The quantitative estimate of drug-likeness (QED) is 0.658. The third-order valence-electron chi connectivity index (χ3n) is 4.37. The van der Waals surface area contributed by atoms with Crippen molar-refractivity contribution in [1.82, 2.24) is 9.88 Å². The first-order valence-electron chi connectivity index (χ1n) is 8.77. The van der Waals surface area contributed by atoms with Crippen LogP contribution in [0, 0.1) is 6.92 Å². The van der Waals surface area contributed by atoms with Crippen LogP contribution in [0.15, 0.2) is 53.3 Å². The minimum Gasteiger partial charge on any atom is -0.502 e. The number of carbonyl (C=O) groups excluding carboxylic acids is 1. The Balaban J connectivity index is 1.66. The molecule has 0 bridgehead atoms. The van der Waals surface area contributed by atoms with Gasteiger partial charge in [-0.2, -0.15) is 0 Å². The van der Waals surface area contributed by atoms with Crippen LogP contribution in [0.3, 0.4) is 0 Å². The summed E-state index contributed by atoms with van der Waals surface area (Å²) < 4.78 is 6.98. The lowest BCUT2D eigenvalue weighted by Crippen LogP contribution is -2.28. The van der Waals surface area contributed by atoms with Crippen molar-refractivity contribution in [3.8, 4) is 11.5 Å². The van der Waals surface area contributed by atoms with Gasteiger partial charge in [-0.1, -0.05) is 30.3 Å². The maximum absolute atomic E-state index is 12.6. The second-order valence-corrected chi connectivity index (χ2v) is 6.38. The Hall–Kier alpha value is -3.28. The second kappa shape index (κ2) is 7.95. The Bertz CT molecular complexity index is 1040. The standard InChI is InChI=1S/C21H22N2O4/c1-14-7-5-8-15(13-14)27-12-6-11-22-20(25)18-16-9-3-4-10-17(16)23(2)21(26)19(18)24/h3-5,7-10,13,24H,6,11-12H2,1-2H3,(H,22,25). The summed E-state index contributed by atoms with van der Waals surface area (Å²) in [5, 5.41) is 13.5. The normalized spacial score (nSPS) is 10.7. The number of ether oxygens (including phenoxy) is 1. The summed E-state index contributed by atoms with van der Waals surface area (Å²) in [6.07, 6.45) is 0.600. The molecule has 2 N–H and O–H groups in total. The zero-order chi connectivity index (χ0) is 19.4. The fourth-order valence-electron chi connectivity index (χ4n) is 2.97. The number of aryl methyl sites for hydroxylation is 2. The van der Waals surface area contributed by atoms with Gasteiger partial charge in [0.2, 0.25) is 0 Å². The molecule has 0 saturated carbocycles. The number of amides is 1. The number of hydrogen-bond donors (Lipinski definition) is 2. The SMILES string of the molecule is Cc1cccc(OCCCNC(=O)c2c(O)c(=O)n(C)c3ccccc23)c1. The van der Waals surface area contributed by atoms with Gasteiger partial charge in [-0.3, -0.25) is 9.59 Å². The number of hydrogen-bond acceptors (Lipinski definition) is 4. The number of nitrogens with one attached hydrogen (secondary N) is 1. The maximum atomic E-state index is 12.6. The summed E-state index contributed by atoms with van der Waals surface area (Å²) in [6, 6.07) is 14.7. The molecule has 2 aromatic carbocycles. The van der Waals surface area contributed by atoms with Crippen molar-refractivity contribution in [2.75, 3.05) is 13.2 Å². The average molecular weight is 366 g/mol. The van der Waals surface area contributed by atoms with Gasteiger partial charge in [0, 0.05) is 19.0 Å². The van der Waals surface area contributed by atoms with Crippen molar-refractivity contribution < 1.29 is 14.6 Å². The smallest absolute Gasteiger partial charge is 0.293 e. The maximum Gasteiger partial charge on any atom is 0.293 e. The molecule has 0 atom stereocenters. The number of benzene rings is 2. The van der Waals surface area contributed by atoms with Crippen molar-refractivity contribution in [2.24, 2.45) is 7.05 Å². The molecule has 1 amide bonds. The summed E-state index contributed by atoms with van der Waals surface area (Å²) in [5.41, 5.74) is 1.12. The topological polar surface area (TPSA) is 80.6 Å². The molecule has 3 rings (SSSR count). The lowest BCUT2D eigenvalue weighted by atomic mass is 10.1. The Kier molecular flexibility index (Phi) is 5.45. The number of nitrogens with zero attached hydrogens (tertiary/aromatic N) is 1. The Labute approximate surface area is 157 Å². The van der Waals surface area contributed by atoms with E-state index < -0.39 is 17.2 Å². The van der Waals surface area contributed by atoms with Gasteiger partial charge in [0.15, 0.2) is 5.75 Å². The van der Waals surface area contributed by atoms with Gasteiger partial charge in [0.1, 0.15) is 5.75 Å². The minimum atomic E-state index is -0.596. The summed E-state index contributed by atoms with van der Waals surface area (Å²) in [6.45, 7) is 2.81. The van der Waals surface area contributed by atoms with E-state index in [-0.39, 0.29) is 5.56 Å². The number of rotatable bonds is 6. The van der Waals surface area contributed by atoms with Gasteiger partial charge in [0.05, 0.1) is 17.7 Å². The molecule has 140 valence electrons. The highest BCUT2D eigenvalue weighted by atomic mass is 16.5. The lowest BCUT2D eigenvalue weighted by Gasteiger charge is -2.12. The Morgan fingerprint density at radius 1 is 1.19 bits per heavy atom. The fourth-order valence-corrected chi connectivity index (χ4v) is 2.97. The zero-order valence-corrected chi connectivity index (χ0v) is 15.4. The predicted octanol–water partition coefficient (Wildman–Crippen LogP) is 2.75. The molecular formula is C21H22N2O4. The molecule has 0 aliphatic heterocycles. The van der Waals surface area contributed by atoms with Crippen LogP contribution < -0.4 is 15.6 Å². The van der Waals surface area contributed by atoms with Crippen LogP contribution in [0.25, 0.3) is 10.9 Å². The molecule has 3 aromatic rings. The van der Waals surface area contributed by atoms with Gasteiger partial charge >= 0.3 is 0 Å². The van der Waals surface area contributed by atoms with Crippen LogP contribution in [0.5, 0.6) is 11.5 Å². The van der Waals surface area contributed by atoms with Gasteiger partial charge in [-0.15, -0.1) is 0 Å². The zero-order valence-electron chi connectivity index (χ0n) is 15.4. The molecule has 0 aliphatic carbocycles. The van der Waals surface area contributed by atoms with Crippen LogP contribution in [-0.4, -0.2) is 28.7 Å². The number of carbonyl (C=O) groups is 1. The number of aromatic hydroxyl groups is 1. The van der Waals surface area contributed by atoms with Crippen LogP contribution in [0.1, 0.15) is 22.3 Å². The summed E-state index contributed by atoms with van der Waals surface area (Å²) >= 11 is 0. The molecule has 0 unspecified atom stereocenters. The molecule has 0 spiro atoms. The van der Waals surface area contributed by atoms with Crippen molar-refractivity contribution >= 4 is 16.8 Å². The summed E-state index contributed by atoms with van der Waals surface area (Å²) in [5.74, 6) is -0.224. The monoisotopic (exact) mass is 366 g/mol. The molecule has 0 saturated heterocycles. The van der Waals surface area contributed by atoms with E-state index in [1.165, 1.54) is 4.57 Å². The van der Waals surface area contributed by atoms with E-state index in [1.54, 1.807) is 31.3 Å². The molecule has 1 heterocycles. The van der Waals surface area contributed by atoms with E-state index in [0.717, 1.165) is 11.3 Å². The molecule has 6 heteroatoms. The highest BCUT2D eigenvalue weighted by molar-refractivity contribution is 6.08. The van der Waals surface area contributed by atoms with Crippen molar-refractivity contribution in [2.45, 2.75) is 13.3 Å². The van der Waals surface area contributed by atoms with E-state index in [0.29, 0.717) is 30.5 Å². The van der Waals surface area contributed by atoms with Crippen molar-refractivity contribution in [3.05, 3.63) is 70.0 Å². The highest BCUT2D eigenvalue weighted by Crippen LogP contribution is 2.23. The fraction of sp³-hybridized carbons (Fsp3) is 0.238. The van der Waals surface area contributed by atoms with Crippen LogP contribution in [0.4, 0.5) is 0 Å². The molecular weight excluding hydrogens is 344 g/mol. The third kappa shape index (κ3) is 3.95. The Morgan fingerprint density at radius 3 is 2.74 bits per heavy atom. The van der Waals surface area contributed by atoms with E-state index in [2.05, 4.69) is 5.32 Å². The summed E-state index contributed by atoms with van der Waals surface area (Å²) in [7, 11) is 1.56. The molecule has 1 aromatic heterocycles. The average Bonchev–Trinajstić information content (AvgIpc) is 2.66. The van der Waals surface area contributed by atoms with Crippen LogP contribution in [-0.2, 0) is 7.05 Å². The van der Waals surface area contributed by atoms with Crippen molar-refractivity contribution in [1.29, 1.82) is 0 Å². The first-order chi connectivity index (χ1) is 13.0. The minimum absolute atomic E-state index is 0.00769. The predicted molar refractivity (Wildman–Crippen MR) is 104 cm³/mol. The molecule has 0 radical (unpaired) electrons. The van der Waals surface area contributed by atoms with Crippen LogP contribution >= 0.6 is 0 Å². The largest absolute Gasteiger partial charge is 0.502 e. The van der Waals surface area contributed by atoms with Crippen LogP contribution in [0.2, 0.25) is 0 Å². The number of pyridine rings is 1. The lowest BCUT2D eigenvalue weighted by molar-refractivity contribution is 0.0950. The molecule has 0 aliphatic rings. The van der Waals surface area contributed by atoms with E-state index in [4.69, 9.17) is 4.74 Å². The van der Waals surface area contributed by atoms with Crippen molar-refractivity contribution in [3.63, 3.8) is 0 Å². The van der Waals surface area contributed by atoms with E-state index >= 15 is 0 Å². The Morgan fingerprint density at radius 2 is 1.96 bits per heavy atom. The highest BCUT2D eigenvalue weighted by Gasteiger charge is 2.19. The molecule has 27 heavy (non-hydrogen) atoms. The molecule has 0 fully saturated rings. The van der Waals surface area contributed by atoms with E-state index in [1.807, 2.05) is 31.2 Å². The summed E-state index contributed by atoms with van der Waals surface area (Å²) in [4.78, 5) is 24.7. The third-order valence-corrected chi connectivity index (χ3v) is 4.37. The van der Waals surface area contributed by atoms with E-state index in [9.17, 15) is 14.7 Å². The number of para-hydroxylation sites is 1. The van der Waals surface area contributed by atoms with Gasteiger partial charge in [-0.25, -0.2) is 0 Å². The van der Waals surface area contributed by atoms with Gasteiger partial charge in [-0.05, 0) is 37.1 Å². The van der Waals surface area contributed by atoms with Gasteiger partial charge in [0.25, 0.3) is 11.5 Å². The number of aromatic nitrogens is 1. The number of fused-ring (bicyclic) bond motifs is 1. The van der Waals surface area contributed by atoms with Gasteiger partial charge < -0.3 is 19.7 Å².